The number of fused-ring (bicyclic) bond motifs is 1. The van der Waals surface area contributed by atoms with Gasteiger partial charge < -0.3 is 18.8 Å². The van der Waals surface area contributed by atoms with E-state index in [2.05, 4.69) is 0 Å². The summed E-state index contributed by atoms with van der Waals surface area (Å²) < 4.78 is 23.2. The fraction of sp³-hybridized carbons (Fsp3) is 0.417. The Morgan fingerprint density at radius 1 is 1.06 bits per heavy atom. The molecule has 0 bridgehead atoms. The summed E-state index contributed by atoms with van der Waals surface area (Å²) in [5.41, 5.74) is 0.746. The zero-order valence-corrected chi connectivity index (χ0v) is 20.1. The summed E-state index contributed by atoms with van der Waals surface area (Å²) in [7, 11) is 0.482. The maximum Gasteiger partial charge on any atom is 0.468 e. The molecule has 2 atom stereocenters. The first kappa shape index (κ1) is 23.6. The van der Waals surface area contributed by atoms with Gasteiger partial charge in [-0.3, -0.25) is 4.90 Å². The third-order valence-corrected chi connectivity index (χ3v) is 6.87. The van der Waals surface area contributed by atoms with Crippen LogP contribution in [0.2, 0.25) is 5.02 Å². The molecule has 0 aliphatic carbocycles. The van der Waals surface area contributed by atoms with E-state index >= 15 is 0 Å². The van der Waals surface area contributed by atoms with Crippen LogP contribution < -0.4 is 4.90 Å². The van der Waals surface area contributed by atoms with Crippen LogP contribution in [-0.4, -0.2) is 43.5 Å². The van der Waals surface area contributed by atoms with E-state index in [0.717, 1.165) is 5.56 Å². The van der Waals surface area contributed by atoms with Crippen LogP contribution in [-0.2, 0) is 30.2 Å². The molecule has 0 spiro atoms. The maximum absolute atomic E-state index is 13.3. The zero-order chi connectivity index (χ0) is 24.0. The second kappa shape index (κ2) is 8.67. The van der Waals surface area contributed by atoms with E-state index in [1.54, 1.807) is 18.2 Å². The molecular weight excluding hydrogens is 445 g/mol. The number of hydrogen-bond donors (Lipinski definition) is 0. The van der Waals surface area contributed by atoms with Crippen LogP contribution in [0.15, 0.2) is 48.5 Å². The lowest BCUT2D eigenvalue weighted by Gasteiger charge is -2.32. The van der Waals surface area contributed by atoms with Gasteiger partial charge in [0.1, 0.15) is 12.6 Å². The molecule has 4 rings (SSSR count). The second-order valence-electron chi connectivity index (χ2n) is 9.23. The van der Waals surface area contributed by atoms with Crippen molar-refractivity contribution < 1.29 is 28.4 Å². The molecule has 2 aromatic rings. The minimum absolute atomic E-state index is 0.0636. The first-order valence-corrected chi connectivity index (χ1v) is 11.2. The number of ether oxygens (including phenoxy) is 2. The van der Waals surface area contributed by atoms with Crippen LogP contribution in [0.3, 0.4) is 0 Å². The number of benzene rings is 2. The van der Waals surface area contributed by atoms with Gasteiger partial charge in [-0.2, -0.15) is 0 Å². The van der Waals surface area contributed by atoms with Crippen LogP contribution in [0.4, 0.5) is 10.5 Å². The molecular formula is C24H27BClNO6. The number of esters is 1. The minimum Gasteiger partial charge on any atom is -0.467 e. The third kappa shape index (κ3) is 4.23. The summed E-state index contributed by atoms with van der Waals surface area (Å²) in [5.74, 6) is -1.25. The van der Waals surface area contributed by atoms with Gasteiger partial charge in [-0.25, -0.2) is 9.59 Å². The van der Waals surface area contributed by atoms with Crippen molar-refractivity contribution >= 4 is 36.5 Å². The molecule has 2 heterocycles. The molecule has 1 saturated heterocycles. The lowest BCUT2D eigenvalue weighted by Crippen LogP contribution is -2.49. The highest BCUT2D eigenvalue weighted by Crippen LogP contribution is 2.49. The van der Waals surface area contributed by atoms with E-state index in [1.165, 1.54) is 12.0 Å². The summed E-state index contributed by atoms with van der Waals surface area (Å²) in [6.07, 6.45) is -0.670. The molecule has 0 N–H and O–H groups in total. The monoisotopic (exact) mass is 471 g/mol. The van der Waals surface area contributed by atoms with Crippen LogP contribution >= 0.6 is 11.6 Å². The van der Waals surface area contributed by atoms with E-state index in [0.29, 0.717) is 16.3 Å². The zero-order valence-electron chi connectivity index (χ0n) is 19.3. The molecule has 33 heavy (non-hydrogen) atoms. The molecule has 1 unspecified atom stereocenters. The predicted octanol–water partition coefficient (Wildman–Crippen LogP) is 4.75. The standard InChI is InChI=1S/C24H27BClNO6/c1-23(2)24(3,4)33-25(32-23)19-17-13-16(26)11-12-18(17)27(20(19)21(28)30-5)22(29)31-14-15-9-7-6-8-10-15/h6-13,19-20H,14H2,1-5H3/t19-,20?/m0/s1. The largest absolute Gasteiger partial charge is 0.468 e. The lowest BCUT2D eigenvalue weighted by molar-refractivity contribution is -0.142. The number of methoxy groups -OCH3 is 1. The first-order chi connectivity index (χ1) is 15.6. The molecule has 0 aromatic heterocycles. The Balaban J connectivity index is 1.72. The van der Waals surface area contributed by atoms with Gasteiger partial charge in [0.15, 0.2) is 0 Å². The van der Waals surface area contributed by atoms with Gasteiger partial charge in [0, 0.05) is 5.02 Å². The van der Waals surface area contributed by atoms with Crippen molar-refractivity contribution in [2.24, 2.45) is 0 Å². The summed E-state index contributed by atoms with van der Waals surface area (Å²) in [6.45, 7) is 7.79. The molecule has 1 amide bonds. The second-order valence-corrected chi connectivity index (χ2v) is 9.67. The first-order valence-electron chi connectivity index (χ1n) is 10.8. The van der Waals surface area contributed by atoms with Crippen molar-refractivity contribution in [3.8, 4) is 0 Å². The van der Waals surface area contributed by atoms with E-state index in [4.69, 9.17) is 30.4 Å². The van der Waals surface area contributed by atoms with E-state index < -0.39 is 42.2 Å². The number of anilines is 1. The van der Waals surface area contributed by atoms with Crippen molar-refractivity contribution in [1.29, 1.82) is 0 Å². The molecule has 7 nitrogen and oxygen atoms in total. The number of halogens is 1. The molecule has 2 aliphatic heterocycles. The Morgan fingerprint density at radius 2 is 1.70 bits per heavy atom. The van der Waals surface area contributed by atoms with Crippen molar-refractivity contribution in [3.63, 3.8) is 0 Å². The lowest BCUT2D eigenvalue weighted by atomic mass is 9.65. The smallest absolute Gasteiger partial charge is 0.467 e. The Morgan fingerprint density at radius 3 is 2.30 bits per heavy atom. The SMILES string of the molecule is COC(=O)C1[C@@H](B2OC(C)(C)C(C)(C)O2)c2cc(Cl)ccc2N1C(=O)OCc1ccccc1. The fourth-order valence-corrected chi connectivity index (χ4v) is 4.38. The number of nitrogens with zero attached hydrogens (tertiary/aromatic N) is 1. The van der Waals surface area contributed by atoms with Crippen molar-refractivity contribution in [3.05, 3.63) is 64.7 Å². The van der Waals surface area contributed by atoms with Gasteiger partial charge in [-0.15, -0.1) is 0 Å². The highest BCUT2D eigenvalue weighted by atomic mass is 35.5. The minimum atomic E-state index is -1.04. The van der Waals surface area contributed by atoms with Crippen LogP contribution in [0.25, 0.3) is 0 Å². The van der Waals surface area contributed by atoms with Gasteiger partial charge in [0.05, 0.1) is 29.8 Å². The van der Waals surface area contributed by atoms with Crippen LogP contribution in [0.1, 0.15) is 44.6 Å². The molecule has 1 fully saturated rings. The number of carbonyl (C=O) groups is 2. The number of carbonyl (C=O) groups excluding carboxylic acids is 2. The summed E-state index contributed by atoms with van der Waals surface area (Å²) >= 11 is 6.30. The van der Waals surface area contributed by atoms with Crippen LogP contribution in [0.5, 0.6) is 0 Å². The van der Waals surface area contributed by atoms with Gasteiger partial charge in [0.2, 0.25) is 0 Å². The topological polar surface area (TPSA) is 74.3 Å². The summed E-state index contributed by atoms with van der Waals surface area (Å²) in [4.78, 5) is 27.6. The molecule has 174 valence electrons. The Labute approximate surface area is 199 Å². The third-order valence-electron chi connectivity index (χ3n) is 6.64. The van der Waals surface area contributed by atoms with Crippen LogP contribution in [0, 0.1) is 0 Å². The summed E-state index contributed by atoms with van der Waals surface area (Å²) in [6, 6.07) is 13.4. The molecule has 0 saturated carbocycles. The quantitative estimate of drug-likeness (QED) is 0.473. The van der Waals surface area contributed by atoms with E-state index in [1.807, 2.05) is 58.0 Å². The Kier molecular flexibility index (Phi) is 6.20. The Hall–Kier alpha value is -2.55. The molecule has 2 aromatic carbocycles. The van der Waals surface area contributed by atoms with Crippen molar-refractivity contribution in [2.45, 2.75) is 57.4 Å². The average molecular weight is 472 g/mol. The van der Waals surface area contributed by atoms with Gasteiger partial charge in [0.25, 0.3) is 0 Å². The average Bonchev–Trinajstić information content (AvgIpc) is 3.21. The van der Waals surface area contributed by atoms with Gasteiger partial charge >= 0.3 is 19.2 Å². The Bertz CT molecular complexity index is 1040. The highest BCUT2D eigenvalue weighted by molar-refractivity contribution is 6.49. The number of rotatable bonds is 4. The van der Waals surface area contributed by atoms with Crippen molar-refractivity contribution in [1.82, 2.24) is 0 Å². The molecule has 0 radical (unpaired) electrons. The van der Waals surface area contributed by atoms with E-state index in [9.17, 15) is 9.59 Å². The number of hydrogen-bond acceptors (Lipinski definition) is 6. The number of amides is 1. The van der Waals surface area contributed by atoms with Gasteiger partial charge in [-0.1, -0.05) is 41.9 Å². The predicted molar refractivity (Wildman–Crippen MR) is 125 cm³/mol. The highest BCUT2D eigenvalue weighted by Gasteiger charge is 2.61. The van der Waals surface area contributed by atoms with E-state index in [-0.39, 0.29) is 6.61 Å². The van der Waals surface area contributed by atoms with Crippen molar-refractivity contribution in [2.75, 3.05) is 12.0 Å². The maximum atomic E-state index is 13.3. The molecule has 2 aliphatic rings. The van der Waals surface area contributed by atoms with Gasteiger partial charge in [-0.05, 0) is 57.0 Å². The summed E-state index contributed by atoms with van der Waals surface area (Å²) in [5, 5.41) is 0.471. The normalized spacial score (nSPS) is 22.7. The molecule has 9 heteroatoms. The fourth-order valence-electron chi connectivity index (χ4n) is 4.20.